The summed E-state index contributed by atoms with van der Waals surface area (Å²) < 4.78 is 1.59. The molecule has 0 N–H and O–H groups in total. The second-order valence-corrected chi connectivity index (χ2v) is 10.7. The summed E-state index contributed by atoms with van der Waals surface area (Å²) in [4.78, 5) is 44.8. The fourth-order valence-corrected chi connectivity index (χ4v) is 6.05. The van der Waals surface area contributed by atoms with Crippen LogP contribution in [0.15, 0.2) is 95.8 Å². The zero-order valence-corrected chi connectivity index (χ0v) is 22.8. The number of amides is 1. The molecule has 0 saturated carbocycles. The molecule has 1 aliphatic heterocycles. The van der Waals surface area contributed by atoms with Crippen molar-refractivity contribution < 1.29 is 9.59 Å². The van der Waals surface area contributed by atoms with Crippen molar-refractivity contribution in [2.45, 2.75) is 32.2 Å². The zero-order chi connectivity index (χ0) is 27.6. The number of hydrogen-bond donors (Lipinski definition) is 0. The van der Waals surface area contributed by atoms with Crippen LogP contribution in [0.5, 0.6) is 0 Å². The Morgan fingerprint density at radius 1 is 0.750 bits per heavy atom. The number of rotatable bonds is 5. The van der Waals surface area contributed by atoms with Gasteiger partial charge >= 0.3 is 0 Å². The van der Waals surface area contributed by atoms with Gasteiger partial charge in [-0.3, -0.25) is 23.9 Å². The number of piperazine rings is 1. The number of carbonyl (C=O) groups excluding carboxylic acids is 2. The molecule has 1 aliphatic carbocycles. The minimum atomic E-state index is -0.351. The fraction of sp³-hybridized carbons (Fsp3) is 0.265. The van der Waals surface area contributed by atoms with Crippen LogP contribution in [0.3, 0.4) is 0 Å². The Kier molecular flexibility index (Phi) is 7.18. The highest BCUT2D eigenvalue weighted by Gasteiger charge is 2.32. The molecule has 0 spiro atoms. The van der Waals surface area contributed by atoms with Crippen molar-refractivity contribution >= 4 is 11.7 Å². The van der Waals surface area contributed by atoms with Crippen LogP contribution in [0.4, 0.5) is 0 Å². The third kappa shape index (κ3) is 4.91. The Bertz CT molecular complexity index is 1550. The van der Waals surface area contributed by atoms with E-state index in [4.69, 9.17) is 0 Å². The summed E-state index contributed by atoms with van der Waals surface area (Å²) in [6.45, 7) is 4.35. The van der Waals surface area contributed by atoms with E-state index in [1.165, 1.54) is 11.1 Å². The van der Waals surface area contributed by atoms with Crippen LogP contribution in [0, 0.1) is 6.92 Å². The van der Waals surface area contributed by atoms with Gasteiger partial charge in [0.2, 0.25) is 0 Å². The standard InChI is InChI=1S/C34H33N3O3/c1-24-15-17-27(18-16-24)37-30-13-8-14-31(38)28(30)23-29(34(37)40)33(39)36-21-19-35(20-22-36)32(25-9-4-2-5-10-25)26-11-6-3-7-12-26/h2-7,9-12,15-18,23,32H,8,13-14,19-22H2,1H3. The van der Waals surface area contributed by atoms with Crippen LogP contribution in [0.1, 0.15) is 62.0 Å². The van der Waals surface area contributed by atoms with Crippen LogP contribution in [0.25, 0.3) is 5.69 Å². The summed E-state index contributed by atoms with van der Waals surface area (Å²) in [6, 6.07) is 30.2. The van der Waals surface area contributed by atoms with Crippen LogP contribution in [-0.4, -0.2) is 52.2 Å². The lowest BCUT2D eigenvalue weighted by Crippen LogP contribution is -2.51. The van der Waals surface area contributed by atoms with Gasteiger partial charge in [0, 0.05) is 49.5 Å². The maximum Gasteiger partial charge on any atom is 0.268 e. The topological polar surface area (TPSA) is 62.6 Å². The van der Waals surface area contributed by atoms with Crippen LogP contribution in [0.2, 0.25) is 0 Å². The molecular weight excluding hydrogens is 498 g/mol. The predicted octanol–water partition coefficient (Wildman–Crippen LogP) is 5.21. The quantitative estimate of drug-likeness (QED) is 0.355. The van der Waals surface area contributed by atoms with E-state index in [2.05, 4.69) is 53.4 Å². The summed E-state index contributed by atoms with van der Waals surface area (Å²) in [7, 11) is 0. The minimum Gasteiger partial charge on any atom is -0.336 e. The Morgan fingerprint density at radius 2 is 1.35 bits per heavy atom. The Morgan fingerprint density at radius 3 is 1.95 bits per heavy atom. The number of aryl methyl sites for hydroxylation is 1. The number of fused-ring (bicyclic) bond motifs is 1. The lowest BCUT2D eigenvalue weighted by atomic mass is 9.92. The molecule has 1 amide bonds. The predicted molar refractivity (Wildman–Crippen MR) is 156 cm³/mol. The van der Waals surface area contributed by atoms with Gasteiger partial charge in [0.25, 0.3) is 11.5 Å². The molecule has 4 aromatic rings. The molecule has 6 heteroatoms. The normalized spacial score (nSPS) is 15.8. The molecule has 0 unspecified atom stereocenters. The van der Waals surface area contributed by atoms with Gasteiger partial charge in [-0.2, -0.15) is 0 Å². The van der Waals surface area contributed by atoms with Crippen molar-refractivity contribution in [1.82, 2.24) is 14.4 Å². The van der Waals surface area contributed by atoms with E-state index in [0.29, 0.717) is 62.4 Å². The molecule has 3 aromatic carbocycles. The van der Waals surface area contributed by atoms with E-state index >= 15 is 0 Å². The first-order valence-corrected chi connectivity index (χ1v) is 14.0. The smallest absolute Gasteiger partial charge is 0.268 e. The van der Waals surface area contributed by atoms with Crippen molar-refractivity contribution in [2.24, 2.45) is 0 Å². The third-order valence-electron chi connectivity index (χ3n) is 8.14. The molecule has 0 radical (unpaired) electrons. The number of pyridine rings is 1. The maximum atomic E-state index is 13.9. The van der Waals surface area contributed by atoms with Gasteiger partial charge in [-0.15, -0.1) is 0 Å². The third-order valence-corrected chi connectivity index (χ3v) is 8.14. The molecule has 40 heavy (non-hydrogen) atoms. The van der Waals surface area contributed by atoms with E-state index < -0.39 is 0 Å². The first-order valence-electron chi connectivity index (χ1n) is 14.0. The molecule has 1 saturated heterocycles. The van der Waals surface area contributed by atoms with Crippen molar-refractivity contribution in [3.05, 3.63) is 135 Å². The Labute approximate surface area is 234 Å². The molecule has 1 fully saturated rings. The summed E-state index contributed by atoms with van der Waals surface area (Å²) in [5.41, 5.74) is 5.12. The van der Waals surface area contributed by atoms with Crippen LogP contribution >= 0.6 is 0 Å². The molecule has 202 valence electrons. The largest absolute Gasteiger partial charge is 0.336 e. The number of carbonyl (C=O) groups is 2. The Balaban J connectivity index is 1.30. The van der Waals surface area contributed by atoms with Crippen LogP contribution in [-0.2, 0) is 6.42 Å². The maximum absolute atomic E-state index is 13.9. The van der Waals surface area contributed by atoms with Gasteiger partial charge in [0.05, 0.1) is 6.04 Å². The fourth-order valence-electron chi connectivity index (χ4n) is 6.05. The highest BCUT2D eigenvalue weighted by molar-refractivity contribution is 6.02. The van der Waals surface area contributed by atoms with Gasteiger partial charge in [0.1, 0.15) is 5.56 Å². The molecule has 6 rings (SSSR count). The second-order valence-electron chi connectivity index (χ2n) is 10.7. The summed E-state index contributed by atoms with van der Waals surface area (Å²) in [5.74, 6) is -0.308. The highest BCUT2D eigenvalue weighted by atomic mass is 16.2. The summed E-state index contributed by atoms with van der Waals surface area (Å²) in [6.07, 6.45) is 1.78. The Hall–Kier alpha value is -4.29. The molecule has 1 aromatic heterocycles. The monoisotopic (exact) mass is 531 g/mol. The van der Waals surface area contributed by atoms with E-state index in [9.17, 15) is 14.4 Å². The molecule has 0 bridgehead atoms. The average molecular weight is 532 g/mol. The van der Waals surface area contributed by atoms with E-state index in [0.717, 1.165) is 5.56 Å². The minimum absolute atomic E-state index is 0.00505. The number of ketones is 1. The second kappa shape index (κ2) is 11.1. The van der Waals surface area contributed by atoms with Crippen molar-refractivity contribution in [2.75, 3.05) is 26.2 Å². The van der Waals surface area contributed by atoms with Gasteiger partial charge in [-0.25, -0.2) is 0 Å². The number of hydrogen-bond acceptors (Lipinski definition) is 4. The molecule has 2 heterocycles. The van der Waals surface area contributed by atoms with Gasteiger partial charge in [-0.05, 0) is 49.1 Å². The number of Topliss-reactive ketones (excluding diaryl/α,β-unsaturated/α-hetero) is 1. The number of nitrogens with zero attached hydrogens (tertiary/aromatic N) is 3. The van der Waals surface area contributed by atoms with E-state index in [1.807, 2.05) is 43.3 Å². The molecule has 6 nitrogen and oxygen atoms in total. The number of benzene rings is 3. The van der Waals surface area contributed by atoms with E-state index in [1.54, 1.807) is 15.5 Å². The first kappa shape index (κ1) is 26.0. The van der Waals surface area contributed by atoms with Crippen molar-refractivity contribution in [3.8, 4) is 5.69 Å². The highest BCUT2D eigenvalue weighted by Crippen LogP contribution is 2.30. The molecule has 2 aliphatic rings. The SMILES string of the molecule is Cc1ccc(-n2c3c(cc(C(=O)N4CCN(C(c5ccccc5)c5ccccc5)CC4)c2=O)C(=O)CCC3)cc1. The lowest BCUT2D eigenvalue weighted by molar-refractivity contribution is 0.0595. The number of aromatic nitrogens is 1. The summed E-state index contributed by atoms with van der Waals surface area (Å²) in [5, 5.41) is 0. The average Bonchev–Trinajstić information content (AvgIpc) is 2.99. The van der Waals surface area contributed by atoms with Gasteiger partial charge < -0.3 is 4.90 Å². The van der Waals surface area contributed by atoms with Gasteiger partial charge in [0.15, 0.2) is 5.78 Å². The molecule has 0 atom stereocenters. The lowest BCUT2D eigenvalue weighted by Gasteiger charge is -2.39. The van der Waals surface area contributed by atoms with E-state index in [-0.39, 0.29) is 28.9 Å². The van der Waals surface area contributed by atoms with Crippen LogP contribution < -0.4 is 5.56 Å². The zero-order valence-electron chi connectivity index (χ0n) is 22.8. The summed E-state index contributed by atoms with van der Waals surface area (Å²) >= 11 is 0. The first-order chi connectivity index (χ1) is 19.5. The van der Waals surface area contributed by atoms with Gasteiger partial charge in [-0.1, -0.05) is 78.4 Å². The van der Waals surface area contributed by atoms with Crippen molar-refractivity contribution in [1.29, 1.82) is 0 Å². The van der Waals surface area contributed by atoms with Crippen molar-refractivity contribution in [3.63, 3.8) is 0 Å². The molecular formula is C34H33N3O3.